The molecule has 3 aromatic heterocycles. The second-order valence-corrected chi connectivity index (χ2v) is 6.80. The number of aliphatic hydroxyl groups is 1. The zero-order chi connectivity index (χ0) is 20.6. The Labute approximate surface area is 170 Å². The van der Waals surface area contributed by atoms with Gasteiger partial charge < -0.3 is 16.2 Å². The zero-order valence-corrected chi connectivity index (χ0v) is 16.0. The van der Waals surface area contributed by atoms with E-state index in [0.717, 1.165) is 5.56 Å². The van der Waals surface area contributed by atoms with Crippen LogP contribution >= 0.6 is 11.6 Å². The number of nitrogens with one attached hydrogen (secondary N) is 1. The number of rotatable bonds is 4. The van der Waals surface area contributed by atoms with Crippen molar-refractivity contribution >= 4 is 28.9 Å². The number of hydrogen-bond acceptors (Lipinski definition) is 8. The Bertz CT molecular complexity index is 1250. The molecule has 1 atom stereocenters. The van der Waals surface area contributed by atoms with Crippen molar-refractivity contribution in [2.24, 2.45) is 0 Å². The van der Waals surface area contributed by atoms with Crippen LogP contribution in [0, 0.1) is 11.3 Å². The van der Waals surface area contributed by atoms with E-state index in [0.29, 0.717) is 22.1 Å². The van der Waals surface area contributed by atoms with Gasteiger partial charge in [-0.25, -0.2) is 19.5 Å². The van der Waals surface area contributed by atoms with E-state index in [9.17, 15) is 10.4 Å². The molecule has 0 bridgehead atoms. The minimum absolute atomic E-state index is 0.0118. The van der Waals surface area contributed by atoms with E-state index in [-0.39, 0.29) is 17.2 Å². The van der Waals surface area contributed by atoms with Crippen molar-refractivity contribution in [2.75, 3.05) is 11.1 Å². The van der Waals surface area contributed by atoms with Gasteiger partial charge in [0, 0.05) is 11.1 Å². The van der Waals surface area contributed by atoms with Gasteiger partial charge in [-0.3, -0.25) is 0 Å². The molecular formula is C19H15ClN8O. The van der Waals surface area contributed by atoms with Crippen molar-refractivity contribution in [3.63, 3.8) is 0 Å². The molecule has 1 aromatic carbocycles. The van der Waals surface area contributed by atoms with Crippen molar-refractivity contribution in [1.82, 2.24) is 24.6 Å². The molecule has 0 saturated heterocycles. The van der Waals surface area contributed by atoms with Crippen molar-refractivity contribution in [3.05, 3.63) is 65.2 Å². The maximum Gasteiger partial charge on any atom is 0.162 e. The predicted octanol–water partition coefficient (Wildman–Crippen LogP) is 2.57. The van der Waals surface area contributed by atoms with Gasteiger partial charge in [0.05, 0.1) is 11.9 Å². The molecule has 0 radical (unpaired) electrons. The lowest BCUT2D eigenvalue weighted by atomic mass is 9.98. The van der Waals surface area contributed by atoms with E-state index >= 15 is 0 Å². The highest BCUT2D eigenvalue weighted by Crippen LogP contribution is 2.33. The fourth-order valence-corrected chi connectivity index (χ4v) is 3.14. The normalized spacial score (nSPS) is 13.0. The summed E-state index contributed by atoms with van der Waals surface area (Å²) in [5.74, 6) is 0.114. The van der Waals surface area contributed by atoms with E-state index in [1.807, 2.05) is 36.4 Å². The van der Waals surface area contributed by atoms with Crippen LogP contribution in [0.4, 0.5) is 11.6 Å². The number of anilines is 2. The molecule has 0 aliphatic heterocycles. The van der Waals surface area contributed by atoms with E-state index in [2.05, 4.69) is 25.4 Å². The Morgan fingerprint density at radius 1 is 1.24 bits per heavy atom. The number of imidazole rings is 1. The predicted molar refractivity (Wildman–Crippen MR) is 108 cm³/mol. The molecule has 4 N–H and O–H groups in total. The average molecular weight is 407 g/mol. The second kappa shape index (κ2) is 7.01. The third-order valence-electron chi connectivity index (χ3n) is 4.37. The largest absolute Gasteiger partial charge is 0.382 e. The molecule has 0 fully saturated rings. The van der Waals surface area contributed by atoms with Crippen molar-refractivity contribution in [3.8, 4) is 17.3 Å². The van der Waals surface area contributed by atoms with Crippen molar-refractivity contribution < 1.29 is 5.11 Å². The highest BCUT2D eigenvalue weighted by atomic mass is 35.5. The summed E-state index contributed by atoms with van der Waals surface area (Å²) in [5, 5.41) is 28.5. The molecule has 29 heavy (non-hydrogen) atoms. The Kier molecular flexibility index (Phi) is 4.50. The van der Waals surface area contributed by atoms with Crippen LogP contribution < -0.4 is 11.1 Å². The third-order valence-corrected chi connectivity index (χ3v) is 4.63. The highest BCUT2D eigenvalue weighted by molar-refractivity contribution is 6.29. The molecule has 0 saturated carbocycles. The summed E-state index contributed by atoms with van der Waals surface area (Å²) in [5.41, 5.74) is 6.23. The van der Waals surface area contributed by atoms with Gasteiger partial charge in [0.25, 0.3) is 0 Å². The summed E-state index contributed by atoms with van der Waals surface area (Å²) in [6.07, 6.45) is 2.69. The molecule has 4 aromatic rings. The molecular weight excluding hydrogens is 392 g/mol. The number of halogens is 1. The first-order valence-corrected chi connectivity index (χ1v) is 8.90. The summed E-state index contributed by atoms with van der Waals surface area (Å²) in [4.78, 5) is 12.1. The van der Waals surface area contributed by atoms with Crippen LogP contribution in [0.3, 0.4) is 0 Å². The van der Waals surface area contributed by atoms with Crippen LogP contribution in [-0.4, -0.2) is 29.7 Å². The number of nitrogens with two attached hydrogens (primary N) is 1. The SMILES string of the molecule is C[C@@](O)(Nc1ncnc(N)c1C#N)c1cc2ncc(Cl)n2nc1-c1ccccc1. The summed E-state index contributed by atoms with van der Waals surface area (Å²) in [7, 11) is 0. The van der Waals surface area contributed by atoms with Crippen LogP contribution in [-0.2, 0) is 5.72 Å². The number of hydrogen-bond donors (Lipinski definition) is 3. The molecule has 0 aliphatic carbocycles. The van der Waals surface area contributed by atoms with E-state index in [1.165, 1.54) is 24.0 Å². The molecule has 144 valence electrons. The third kappa shape index (κ3) is 3.31. The van der Waals surface area contributed by atoms with Gasteiger partial charge in [0.1, 0.15) is 23.8 Å². The van der Waals surface area contributed by atoms with Crippen LogP contribution in [0.25, 0.3) is 16.9 Å². The van der Waals surface area contributed by atoms with Gasteiger partial charge in [-0.2, -0.15) is 10.4 Å². The fourth-order valence-electron chi connectivity index (χ4n) is 2.97. The number of nitriles is 1. The van der Waals surface area contributed by atoms with E-state index in [1.54, 1.807) is 6.07 Å². The molecule has 4 rings (SSSR count). The minimum Gasteiger partial charge on any atom is -0.382 e. The first-order chi connectivity index (χ1) is 13.9. The van der Waals surface area contributed by atoms with Gasteiger partial charge in [-0.1, -0.05) is 41.9 Å². The second-order valence-electron chi connectivity index (χ2n) is 6.42. The fraction of sp³-hybridized carbons (Fsp3) is 0.105. The van der Waals surface area contributed by atoms with Crippen molar-refractivity contribution in [1.29, 1.82) is 5.26 Å². The Morgan fingerprint density at radius 2 is 2.00 bits per heavy atom. The zero-order valence-electron chi connectivity index (χ0n) is 15.2. The monoisotopic (exact) mass is 406 g/mol. The molecule has 0 unspecified atom stereocenters. The first-order valence-electron chi connectivity index (χ1n) is 8.52. The Hall–Kier alpha value is -3.74. The van der Waals surface area contributed by atoms with Gasteiger partial charge in [-0.15, -0.1) is 0 Å². The number of nitrogen functional groups attached to an aromatic ring is 1. The lowest BCUT2D eigenvalue weighted by Crippen LogP contribution is -2.33. The number of aromatic nitrogens is 5. The quantitative estimate of drug-likeness (QED) is 0.439. The summed E-state index contributed by atoms with van der Waals surface area (Å²) < 4.78 is 1.48. The minimum atomic E-state index is -1.68. The lowest BCUT2D eigenvalue weighted by Gasteiger charge is -2.28. The first kappa shape index (κ1) is 18.6. The van der Waals surface area contributed by atoms with E-state index in [4.69, 9.17) is 17.3 Å². The van der Waals surface area contributed by atoms with Crippen LogP contribution in [0.1, 0.15) is 18.1 Å². The maximum absolute atomic E-state index is 11.3. The lowest BCUT2D eigenvalue weighted by molar-refractivity contribution is 0.0885. The number of fused-ring (bicyclic) bond motifs is 1. The standard InChI is InChI=1S/C19H15ClN8O/c1-19(29,26-18-12(8-21)17(22)24-10-25-18)13-7-15-23-9-14(20)28(15)27-16(13)11-5-3-2-4-6-11/h2-7,9-10,29H,1H3,(H3,22,24,25,26)/t19-/m0/s1. The van der Waals surface area contributed by atoms with Gasteiger partial charge >= 0.3 is 0 Å². The summed E-state index contributed by atoms with van der Waals surface area (Å²) in [6, 6.07) is 12.9. The topological polar surface area (TPSA) is 138 Å². The number of nitrogens with zero attached hydrogens (tertiary/aromatic N) is 6. The van der Waals surface area contributed by atoms with Gasteiger partial charge in [0.2, 0.25) is 0 Å². The van der Waals surface area contributed by atoms with Crippen LogP contribution in [0.15, 0.2) is 48.9 Å². The smallest absolute Gasteiger partial charge is 0.162 e. The molecule has 9 nitrogen and oxygen atoms in total. The van der Waals surface area contributed by atoms with Crippen LogP contribution in [0.2, 0.25) is 5.15 Å². The van der Waals surface area contributed by atoms with Gasteiger partial charge in [-0.05, 0) is 13.0 Å². The van der Waals surface area contributed by atoms with Crippen molar-refractivity contribution in [2.45, 2.75) is 12.6 Å². The molecule has 0 aliphatic rings. The Balaban J connectivity index is 1.90. The highest BCUT2D eigenvalue weighted by Gasteiger charge is 2.30. The van der Waals surface area contributed by atoms with E-state index < -0.39 is 5.72 Å². The molecule has 0 spiro atoms. The molecule has 10 heteroatoms. The van der Waals surface area contributed by atoms with Crippen LogP contribution in [0.5, 0.6) is 0 Å². The Morgan fingerprint density at radius 3 is 2.72 bits per heavy atom. The molecule has 0 amide bonds. The van der Waals surface area contributed by atoms with Gasteiger partial charge in [0.15, 0.2) is 22.3 Å². The average Bonchev–Trinajstić information content (AvgIpc) is 3.08. The molecule has 3 heterocycles. The maximum atomic E-state index is 11.3. The summed E-state index contributed by atoms with van der Waals surface area (Å²) in [6.45, 7) is 1.52. The summed E-state index contributed by atoms with van der Waals surface area (Å²) >= 11 is 6.18. The number of benzene rings is 1.